The molecule has 0 amide bonds. The molecule has 0 N–H and O–H groups in total. The van der Waals surface area contributed by atoms with Gasteiger partial charge in [0.05, 0.1) is 6.07 Å². The number of halogens is 3. The van der Waals surface area contributed by atoms with Crippen LogP contribution in [0.1, 0.15) is 0 Å². The fourth-order valence-corrected chi connectivity index (χ4v) is 0.155. The molecule has 0 aromatic rings. The van der Waals surface area contributed by atoms with Crippen LogP contribution in [0.2, 0.25) is 0 Å². The first kappa shape index (κ1) is 7.93. The second-order valence-electron chi connectivity index (χ2n) is 0.950. The van der Waals surface area contributed by atoms with E-state index in [9.17, 15) is 0 Å². The second kappa shape index (κ2) is 3.06. The maximum absolute atomic E-state index is 8.22. The molecule has 0 saturated carbocycles. The van der Waals surface area contributed by atoms with Crippen LogP contribution in [0.5, 0.6) is 0 Å². The van der Waals surface area contributed by atoms with Gasteiger partial charge in [0.1, 0.15) is 0 Å². The average Bonchev–Trinajstić information content (AvgIpc) is 1.68. The van der Waals surface area contributed by atoms with E-state index in [-0.39, 0.29) is 0 Å². The monoisotopic (exact) mass is 289 g/mol. The normalized spacial score (nSPS) is 10.6. The number of nitriles is 1. The Labute approximate surface area is 67.5 Å². The molecular formula is C3H2Br3N. The summed E-state index contributed by atoms with van der Waals surface area (Å²) in [5.74, 6) is 0. The zero-order valence-electron chi connectivity index (χ0n) is 3.29. The van der Waals surface area contributed by atoms with Crippen molar-refractivity contribution in [2.75, 3.05) is 5.33 Å². The van der Waals surface area contributed by atoms with Crippen molar-refractivity contribution in [3.05, 3.63) is 0 Å². The molecule has 0 aliphatic rings. The van der Waals surface area contributed by atoms with Crippen LogP contribution in [0.3, 0.4) is 0 Å². The fraction of sp³-hybridized carbons (Fsp3) is 0.667. The molecule has 0 fully saturated rings. The zero-order valence-corrected chi connectivity index (χ0v) is 8.05. The van der Waals surface area contributed by atoms with Gasteiger partial charge in [0, 0.05) is 5.33 Å². The minimum atomic E-state index is -0.569. The van der Waals surface area contributed by atoms with Crippen LogP contribution in [0.15, 0.2) is 0 Å². The summed E-state index contributed by atoms with van der Waals surface area (Å²) in [6.45, 7) is 0. The molecule has 0 aromatic heterocycles. The lowest BCUT2D eigenvalue weighted by molar-refractivity contribution is 1.24. The van der Waals surface area contributed by atoms with Crippen LogP contribution in [0.4, 0.5) is 0 Å². The number of alkyl halides is 3. The summed E-state index contributed by atoms with van der Waals surface area (Å²) < 4.78 is -0.569. The Morgan fingerprint density at radius 1 is 1.57 bits per heavy atom. The quantitative estimate of drug-likeness (QED) is 0.681. The lowest BCUT2D eigenvalue weighted by Gasteiger charge is -2.01. The van der Waals surface area contributed by atoms with Gasteiger partial charge in [-0.15, -0.1) is 0 Å². The molecule has 0 rings (SSSR count). The van der Waals surface area contributed by atoms with Gasteiger partial charge in [-0.3, -0.25) is 0 Å². The van der Waals surface area contributed by atoms with E-state index in [0.29, 0.717) is 5.33 Å². The van der Waals surface area contributed by atoms with Gasteiger partial charge in [0.2, 0.25) is 0 Å². The highest BCUT2D eigenvalue weighted by atomic mass is 79.9. The summed E-state index contributed by atoms with van der Waals surface area (Å²) in [4.78, 5) is 0. The Kier molecular flexibility index (Phi) is 3.46. The van der Waals surface area contributed by atoms with Crippen molar-refractivity contribution in [1.82, 2.24) is 0 Å². The van der Waals surface area contributed by atoms with E-state index >= 15 is 0 Å². The van der Waals surface area contributed by atoms with Crippen LogP contribution >= 0.6 is 47.8 Å². The lowest BCUT2D eigenvalue weighted by Crippen LogP contribution is -2.07. The molecule has 1 nitrogen and oxygen atoms in total. The third kappa shape index (κ3) is 3.51. The Hall–Kier alpha value is 0.930. The predicted molar refractivity (Wildman–Crippen MR) is 40.0 cm³/mol. The van der Waals surface area contributed by atoms with Gasteiger partial charge in [-0.2, -0.15) is 5.26 Å². The second-order valence-corrected chi connectivity index (χ2v) is 5.28. The Morgan fingerprint density at radius 3 is 2.00 bits per heavy atom. The molecule has 0 saturated heterocycles. The Morgan fingerprint density at radius 2 is 2.00 bits per heavy atom. The molecule has 0 spiro atoms. The molecule has 7 heavy (non-hydrogen) atoms. The zero-order chi connectivity index (χ0) is 5.91. The fourth-order valence-electron chi connectivity index (χ4n) is 0.0299. The third-order valence-corrected chi connectivity index (χ3v) is 3.59. The van der Waals surface area contributed by atoms with Crippen molar-refractivity contribution in [3.63, 3.8) is 0 Å². The van der Waals surface area contributed by atoms with Crippen molar-refractivity contribution in [3.8, 4) is 6.07 Å². The van der Waals surface area contributed by atoms with Gasteiger partial charge in [0.15, 0.2) is 3.23 Å². The van der Waals surface area contributed by atoms with Gasteiger partial charge < -0.3 is 0 Å². The van der Waals surface area contributed by atoms with Gasteiger partial charge in [-0.05, 0) is 0 Å². The minimum Gasteiger partial charge on any atom is -0.196 e. The van der Waals surface area contributed by atoms with E-state index in [4.69, 9.17) is 5.26 Å². The molecule has 0 heterocycles. The first-order valence-electron chi connectivity index (χ1n) is 1.47. The largest absolute Gasteiger partial charge is 0.196 e. The van der Waals surface area contributed by atoms with Gasteiger partial charge in [0.25, 0.3) is 0 Å². The predicted octanol–water partition coefficient (Wildman–Crippen LogP) is 2.39. The van der Waals surface area contributed by atoms with Crippen LogP contribution in [-0.2, 0) is 0 Å². The Balaban J connectivity index is 3.66. The van der Waals surface area contributed by atoms with E-state index in [1.807, 2.05) is 6.07 Å². The first-order valence-corrected chi connectivity index (χ1v) is 4.18. The molecule has 0 aliphatic carbocycles. The Bertz CT molecular complexity index is 92.8. The van der Waals surface area contributed by atoms with E-state index in [1.54, 1.807) is 0 Å². The topological polar surface area (TPSA) is 23.8 Å². The minimum absolute atomic E-state index is 0.569. The number of nitrogens with zero attached hydrogens (tertiary/aromatic N) is 1. The standard InChI is InChI=1S/C3H2Br3N/c4-1-3(5,6)2-7/h1H2. The van der Waals surface area contributed by atoms with Gasteiger partial charge >= 0.3 is 0 Å². The van der Waals surface area contributed by atoms with Crippen LogP contribution in [0.25, 0.3) is 0 Å². The molecule has 0 atom stereocenters. The van der Waals surface area contributed by atoms with E-state index < -0.39 is 3.23 Å². The lowest BCUT2D eigenvalue weighted by atomic mass is 10.6. The van der Waals surface area contributed by atoms with Gasteiger partial charge in [-0.25, -0.2) is 0 Å². The van der Waals surface area contributed by atoms with Crippen molar-refractivity contribution in [2.24, 2.45) is 0 Å². The number of hydrogen-bond acceptors (Lipinski definition) is 1. The summed E-state index contributed by atoms with van der Waals surface area (Å²) >= 11 is 9.29. The highest BCUT2D eigenvalue weighted by molar-refractivity contribution is 9.26. The summed E-state index contributed by atoms with van der Waals surface area (Å²) in [6, 6.07) is 1.98. The third-order valence-electron chi connectivity index (χ3n) is 0.331. The van der Waals surface area contributed by atoms with Crippen molar-refractivity contribution in [2.45, 2.75) is 3.23 Å². The summed E-state index contributed by atoms with van der Waals surface area (Å²) in [5.41, 5.74) is 0. The number of hydrogen-bond donors (Lipinski definition) is 0. The van der Waals surface area contributed by atoms with E-state index in [0.717, 1.165) is 0 Å². The molecule has 0 aromatic carbocycles. The maximum Gasteiger partial charge on any atom is 0.175 e. The first-order chi connectivity index (χ1) is 3.12. The van der Waals surface area contributed by atoms with Crippen LogP contribution < -0.4 is 0 Å². The van der Waals surface area contributed by atoms with Crippen molar-refractivity contribution < 1.29 is 0 Å². The van der Waals surface area contributed by atoms with Crippen LogP contribution in [-0.4, -0.2) is 8.56 Å². The smallest absolute Gasteiger partial charge is 0.175 e. The highest BCUT2D eigenvalue weighted by Gasteiger charge is 2.18. The average molecular weight is 292 g/mol. The molecule has 0 radical (unpaired) electrons. The summed E-state index contributed by atoms with van der Waals surface area (Å²) in [7, 11) is 0. The molecule has 0 aliphatic heterocycles. The van der Waals surface area contributed by atoms with Gasteiger partial charge in [-0.1, -0.05) is 47.8 Å². The molecule has 40 valence electrons. The molecule has 0 unspecified atom stereocenters. The van der Waals surface area contributed by atoms with Crippen molar-refractivity contribution >= 4 is 47.8 Å². The summed E-state index contributed by atoms with van der Waals surface area (Å²) in [6.07, 6.45) is 0. The number of rotatable bonds is 1. The van der Waals surface area contributed by atoms with E-state index in [1.165, 1.54) is 0 Å². The maximum atomic E-state index is 8.22. The SMILES string of the molecule is N#CC(Br)(Br)CBr. The highest BCUT2D eigenvalue weighted by Crippen LogP contribution is 2.26. The van der Waals surface area contributed by atoms with Crippen molar-refractivity contribution in [1.29, 1.82) is 5.26 Å². The molecule has 0 bridgehead atoms. The molecular weight excluding hydrogens is 290 g/mol. The summed E-state index contributed by atoms with van der Waals surface area (Å²) in [5, 5.41) is 8.80. The molecule has 4 heteroatoms. The van der Waals surface area contributed by atoms with E-state index in [2.05, 4.69) is 47.8 Å². The van der Waals surface area contributed by atoms with Crippen LogP contribution in [0, 0.1) is 11.3 Å².